The normalized spacial score (nSPS) is 16.3. The lowest BCUT2D eigenvalue weighted by atomic mass is 9.90. The van der Waals surface area contributed by atoms with Crippen LogP contribution in [0.4, 0.5) is 0 Å². The van der Waals surface area contributed by atoms with Gasteiger partial charge in [-0.15, -0.1) is 0 Å². The molecular weight excluding hydrogens is 647 g/mol. The van der Waals surface area contributed by atoms with E-state index in [1.807, 2.05) is 0 Å². The largest absolute Gasteiger partial charge is 0.485 e. The molecule has 2 atom stereocenters. The fourth-order valence-electron chi connectivity index (χ4n) is 8.99. The summed E-state index contributed by atoms with van der Waals surface area (Å²) in [4.78, 5) is 5.30. The summed E-state index contributed by atoms with van der Waals surface area (Å²) in [5.41, 5.74) is 12.6. The molecule has 4 heterocycles. The van der Waals surface area contributed by atoms with Crippen molar-refractivity contribution >= 4 is 60.0 Å². The lowest BCUT2D eigenvalue weighted by Gasteiger charge is -2.14. The second-order valence-corrected chi connectivity index (χ2v) is 14.3. The number of ether oxygens (including phenoxy) is 1. The maximum Gasteiger partial charge on any atom is 0.138 e. The molecule has 3 aromatic heterocycles. The number of pyridine rings is 1. The van der Waals surface area contributed by atoms with Gasteiger partial charge in [0.15, 0.2) is 0 Å². The van der Waals surface area contributed by atoms with E-state index in [4.69, 9.17) is 9.72 Å². The second kappa shape index (κ2) is 10.8. The Balaban J connectivity index is 1.01. The van der Waals surface area contributed by atoms with E-state index in [9.17, 15) is 0 Å². The Morgan fingerprint density at radius 1 is 0.509 bits per heavy atom. The number of para-hydroxylation sites is 2. The summed E-state index contributed by atoms with van der Waals surface area (Å²) < 4.78 is 10.9. The van der Waals surface area contributed by atoms with Gasteiger partial charge in [-0.05, 0) is 93.7 Å². The van der Waals surface area contributed by atoms with E-state index in [0.717, 1.165) is 39.1 Å². The summed E-state index contributed by atoms with van der Waals surface area (Å²) >= 11 is 0. The zero-order valence-corrected chi connectivity index (χ0v) is 28.6. The first-order valence-electron chi connectivity index (χ1n) is 18.3. The van der Waals surface area contributed by atoms with Gasteiger partial charge in [0.1, 0.15) is 17.5 Å². The molecular formula is C49H31N3O. The number of allylic oxidation sites excluding steroid dienone is 2. The predicted molar refractivity (Wildman–Crippen MR) is 218 cm³/mol. The highest BCUT2D eigenvalue weighted by atomic mass is 16.5. The number of rotatable bonds is 3. The third kappa shape index (κ3) is 4.15. The highest BCUT2D eigenvalue weighted by molar-refractivity contribution is 6.24. The van der Waals surface area contributed by atoms with Gasteiger partial charge in [0.25, 0.3) is 0 Å². The van der Waals surface area contributed by atoms with E-state index in [-0.39, 0.29) is 12.0 Å². The average Bonchev–Trinajstić information content (AvgIpc) is 3.90. The summed E-state index contributed by atoms with van der Waals surface area (Å²) in [6, 6.07) is 53.0. The van der Waals surface area contributed by atoms with Gasteiger partial charge in [0, 0.05) is 44.9 Å². The molecule has 0 N–H and O–H groups in total. The SMILES string of the molecule is C1=CC2Oc3ccc(-c4ccn5c(c4)nc4c6ccccc6c6cc(-c7cccc(-n8c9ccccc9c9ccccc98)c7)ccc6c45)cc3C2C=C1. The van der Waals surface area contributed by atoms with Crippen molar-refractivity contribution in [2.45, 2.75) is 12.0 Å². The molecule has 0 spiro atoms. The minimum Gasteiger partial charge on any atom is -0.485 e. The third-order valence-corrected chi connectivity index (χ3v) is 11.4. The van der Waals surface area contributed by atoms with Crippen molar-refractivity contribution in [3.63, 3.8) is 0 Å². The molecule has 4 nitrogen and oxygen atoms in total. The lowest BCUT2D eigenvalue weighted by Crippen LogP contribution is -2.15. The van der Waals surface area contributed by atoms with Crippen LogP contribution in [0.2, 0.25) is 0 Å². The van der Waals surface area contributed by atoms with Crippen LogP contribution < -0.4 is 4.74 Å². The molecule has 12 rings (SSSR count). The fraction of sp³-hybridized carbons (Fsp3) is 0.0408. The molecule has 7 aromatic carbocycles. The van der Waals surface area contributed by atoms with Crippen LogP contribution in [0, 0.1) is 0 Å². The van der Waals surface area contributed by atoms with E-state index < -0.39 is 0 Å². The van der Waals surface area contributed by atoms with Gasteiger partial charge < -0.3 is 9.30 Å². The van der Waals surface area contributed by atoms with Gasteiger partial charge in [0.05, 0.1) is 22.1 Å². The van der Waals surface area contributed by atoms with Crippen LogP contribution in [-0.4, -0.2) is 20.1 Å². The number of imidazole rings is 1. The Labute approximate surface area is 305 Å². The first-order chi connectivity index (χ1) is 26.3. The number of nitrogens with zero attached hydrogens (tertiary/aromatic N) is 3. The van der Waals surface area contributed by atoms with Crippen molar-refractivity contribution in [3.8, 4) is 33.7 Å². The minimum absolute atomic E-state index is 0.0800. The molecule has 4 heteroatoms. The van der Waals surface area contributed by atoms with Crippen molar-refractivity contribution in [3.05, 3.63) is 182 Å². The highest BCUT2D eigenvalue weighted by Crippen LogP contribution is 2.44. The molecule has 0 bridgehead atoms. The Bertz CT molecular complexity index is 3180. The quantitative estimate of drug-likeness (QED) is 0.174. The van der Waals surface area contributed by atoms with Crippen molar-refractivity contribution in [2.75, 3.05) is 0 Å². The van der Waals surface area contributed by atoms with Crippen LogP contribution in [0.3, 0.4) is 0 Å². The Morgan fingerprint density at radius 2 is 1.21 bits per heavy atom. The molecule has 53 heavy (non-hydrogen) atoms. The summed E-state index contributed by atoms with van der Waals surface area (Å²) in [7, 11) is 0. The molecule has 0 radical (unpaired) electrons. The van der Waals surface area contributed by atoms with E-state index in [1.54, 1.807) is 0 Å². The van der Waals surface area contributed by atoms with Crippen molar-refractivity contribution in [1.29, 1.82) is 0 Å². The Kier molecular flexibility index (Phi) is 5.86. The first-order valence-corrected chi connectivity index (χ1v) is 18.3. The second-order valence-electron chi connectivity index (χ2n) is 14.3. The summed E-state index contributed by atoms with van der Waals surface area (Å²) in [5.74, 6) is 1.23. The van der Waals surface area contributed by atoms with Gasteiger partial charge in [0.2, 0.25) is 0 Å². The van der Waals surface area contributed by atoms with Gasteiger partial charge in [-0.25, -0.2) is 4.98 Å². The average molecular weight is 678 g/mol. The topological polar surface area (TPSA) is 31.5 Å². The summed E-state index contributed by atoms with van der Waals surface area (Å²) in [5, 5.41) is 7.32. The van der Waals surface area contributed by atoms with E-state index in [1.165, 1.54) is 60.2 Å². The monoisotopic (exact) mass is 677 g/mol. The van der Waals surface area contributed by atoms with Crippen LogP contribution in [0.15, 0.2) is 176 Å². The van der Waals surface area contributed by atoms with Gasteiger partial charge in [-0.3, -0.25) is 4.40 Å². The van der Waals surface area contributed by atoms with E-state index in [0.29, 0.717) is 0 Å². The van der Waals surface area contributed by atoms with Crippen LogP contribution in [0.1, 0.15) is 11.5 Å². The van der Waals surface area contributed by atoms with Crippen LogP contribution in [0.25, 0.3) is 88.0 Å². The molecule has 2 unspecified atom stereocenters. The molecule has 0 saturated heterocycles. The molecule has 1 aliphatic heterocycles. The van der Waals surface area contributed by atoms with Crippen molar-refractivity contribution in [1.82, 2.24) is 14.0 Å². The molecule has 0 saturated carbocycles. The molecule has 10 aromatic rings. The van der Waals surface area contributed by atoms with Crippen LogP contribution >= 0.6 is 0 Å². The molecule has 0 fully saturated rings. The molecule has 248 valence electrons. The van der Waals surface area contributed by atoms with Gasteiger partial charge >= 0.3 is 0 Å². The highest BCUT2D eigenvalue weighted by Gasteiger charge is 2.32. The lowest BCUT2D eigenvalue weighted by molar-refractivity contribution is 0.269. The standard InChI is InChI=1S/C49H31N3O/c1-2-16-39-35(12-1)41-27-31(30-10-9-11-34(26-30)52-43-17-6-3-13-36(43)37-14-4-7-18-44(37)52)20-22-40(41)49-48(39)50-47-29-33(24-25-51(47)49)32-21-23-46-42(28-32)38-15-5-8-19-45(38)53-46/h1-29,38,45H. The maximum atomic E-state index is 6.23. The Morgan fingerprint density at radius 3 is 2.06 bits per heavy atom. The van der Waals surface area contributed by atoms with Crippen molar-refractivity contribution < 1.29 is 4.74 Å². The molecule has 2 aliphatic rings. The van der Waals surface area contributed by atoms with E-state index in [2.05, 4.69) is 185 Å². The van der Waals surface area contributed by atoms with Gasteiger partial charge in [-0.2, -0.15) is 0 Å². The summed E-state index contributed by atoms with van der Waals surface area (Å²) in [6.07, 6.45) is 10.9. The predicted octanol–water partition coefficient (Wildman–Crippen LogP) is 12.2. The smallest absolute Gasteiger partial charge is 0.138 e. The van der Waals surface area contributed by atoms with Crippen LogP contribution in [-0.2, 0) is 0 Å². The minimum atomic E-state index is 0.0800. The number of benzene rings is 7. The Hall–Kier alpha value is -6.91. The maximum absolute atomic E-state index is 6.23. The number of hydrogen-bond donors (Lipinski definition) is 0. The zero-order valence-electron chi connectivity index (χ0n) is 28.6. The molecule has 0 amide bonds. The first kappa shape index (κ1) is 28.8. The van der Waals surface area contributed by atoms with Gasteiger partial charge in [-0.1, -0.05) is 109 Å². The third-order valence-electron chi connectivity index (χ3n) is 11.4. The number of aromatic nitrogens is 3. The molecule has 1 aliphatic carbocycles. The van der Waals surface area contributed by atoms with Crippen LogP contribution in [0.5, 0.6) is 5.75 Å². The zero-order chi connectivity index (χ0) is 34.6. The van der Waals surface area contributed by atoms with Crippen molar-refractivity contribution in [2.24, 2.45) is 0 Å². The summed E-state index contributed by atoms with van der Waals surface area (Å²) in [6.45, 7) is 0. The fourth-order valence-corrected chi connectivity index (χ4v) is 8.99. The number of hydrogen-bond acceptors (Lipinski definition) is 2. The van der Waals surface area contributed by atoms with E-state index >= 15 is 0 Å². The number of fused-ring (bicyclic) bond motifs is 14.